The van der Waals surface area contributed by atoms with Crippen molar-refractivity contribution in [3.05, 3.63) is 53.7 Å². The van der Waals surface area contributed by atoms with Crippen LogP contribution in [0.3, 0.4) is 0 Å². The molecule has 0 unspecified atom stereocenters. The summed E-state index contributed by atoms with van der Waals surface area (Å²) in [5.74, 6) is -0.253. The molecule has 7 nitrogen and oxygen atoms in total. The number of esters is 1. The standard InChI is InChI=1S/C18H16N2O5S2/c1-2-24-18(21)13-11-15(25-19-13)16-7-8-17(26-16)27(22,23)20-10-9-12-5-3-4-6-14(12)20/h3-8,11H,2,9-10H2,1H3. The van der Waals surface area contributed by atoms with E-state index < -0.39 is 16.0 Å². The highest BCUT2D eigenvalue weighted by Crippen LogP contribution is 2.37. The van der Waals surface area contributed by atoms with Gasteiger partial charge in [0, 0.05) is 12.6 Å². The highest BCUT2D eigenvalue weighted by Gasteiger charge is 2.32. The molecule has 1 aromatic carbocycles. The van der Waals surface area contributed by atoms with Crippen molar-refractivity contribution < 1.29 is 22.5 Å². The van der Waals surface area contributed by atoms with Crippen LogP contribution in [0.2, 0.25) is 0 Å². The summed E-state index contributed by atoms with van der Waals surface area (Å²) in [6.45, 7) is 2.36. The molecule has 1 aliphatic heterocycles. The van der Waals surface area contributed by atoms with Gasteiger partial charge in [-0.25, -0.2) is 13.2 Å². The summed E-state index contributed by atoms with van der Waals surface area (Å²) in [5, 5.41) is 3.69. The topological polar surface area (TPSA) is 89.7 Å². The van der Waals surface area contributed by atoms with Gasteiger partial charge in [-0.3, -0.25) is 4.31 Å². The van der Waals surface area contributed by atoms with Crippen LogP contribution < -0.4 is 4.31 Å². The quantitative estimate of drug-likeness (QED) is 0.606. The second-order valence-electron chi connectivity index (χ2n) is 5.87. The molecule has 0 fully saturated rings. The van der Waals surface area contributed by atoms with E-state index in [1.165, 1.54) is 10.4 Å². The number of thiophene rings is 1. The van der Waals surface area contributed by atoms with Crippen LogP contribution in [0.25, 0.3) is 10.6 Å². The smallest absolute Gasteiger partial charge is 0.360 e. The van der Waals surface area contributed by atoms with Gasteiger partial charge in [0.2, 0.25) is 0 Å². The molecule has 3 heterocycles. The molecular weight excluding hydrogens is 388 g/mol. The largest absolute Gasteiger partial charge is 0.461 e. The van der Waals surface area contributed by atoms with Crippen LogP contribution >= 0.6 is 11.3 Å². The summed E-state index contributed by atoms with van der Waals surface area (Å²) >= 11 is 1.08. The summed E-state index contributed by atoms with van der Waals surface area (Å²) in [7, 11) is -3.66. The van der Waals surface area contributed by atoms with Gasteiger partial charge < -0.3 is 9.26 Å². The van der Waals surface area contributed by atoms with Crippen LogP contribution in [0.5, 0.6) is 0 Å². The van der Waals surface area contributed by atoms with Gasteiger partial charge in [0.15, 0.2) is 11.5 Å². The van der Waals surface area contributed by atoms with E-state index in [4.69, 9.17) is 9.26 Å². The monoisotopic (exact) mass is 404 g/mol. The first-order valence-corrected chi connectivity index (χ1v) is 10.6. The van der Waals surface area contributed by atoms with Crippen molar-refractivity contribution in [2.75, 3.05) is 17.5 Å². The van der Waals surface area contributed by atoms with E-state index in [9.17, 15) is 13.2 Å². The first-order chi connectivity index (χ1) is 13.0. The average Bonchev–Trinajstić information content (AvgIpc) is 3.39. The Kier molecular flexibility index (Phi) is 4.48. The SMILES string of the molecule is CCOC(=O)c1cc(-c2ccc(S(=O)(=O)N3CCc4ccccc43)s2)on1. The number of carbonyl (C=O) groups excluding carboxylic acids is 1. The molecule has 0 radical (unpaired) electrons. The lowest BCUT2D eigenvalue weighted by molar-refractivity contribution is 0.0514. The van der Waals surface area contributed by atoms with Crippen molar-refractivity contribution in [2.45, 2.75) is 17.6 Å². The zero-order chi connectivity index (χ0) is 19.0. The van der Waals surface area contributed by atoms with Crippen molar-refractivity contribution in [1.29, 1.82) is 0 Å². The number of rotatable bonds is 5. The third-order valence-corrected chi connectivity index (χ3v) is 7.59. The van der Waals surface area contributed by atoms with Gasteiger partial charge in [0.1, 0.15) is 4.21 Å². The van der Waals surface area contributed by atoms with Crippen LogP contribution in [0.1, 0.15) is 23.0 Å². The van der Waals surface area contributed by atoms with Crippen molar-refractivity contribution >= 4 is 33.0 Å². The fraction of sp³-hybridized carbons (Fsp3) is 0.222. The minimum Gasteiger partial charge on any atom is -0.461 e. The molecule has 0 atom stereocenters. The molecule has 27 heavy (non-hydrogen) atoms. The number of ether oxygens (including phenoxy) is 1. The van der Waals surface area contributed by atoms with E-state index in [2.05, 4.69) is 5.16 Å². The fourth-order valence-electron chi connectivity index (χ4n) is 2.95. The minimum absolute atomic E-state index is 0.0538. The van der Waals surface area contributed by atoms with Gasteiger partial charge in [-0.05, 0) is 37.1 Å². The second-order valence-corrected chi connectivity index (χ2v) is 9.04. The number of fused-ring (bicyclic) bond motifs is 1. The molecule has 0 saturated carbocycles. The summed E-state index contributed by atoms with van der Waals surface area (Å²) in [6, 6.07) is 12.1. The van der Waals surface area contributed by atoms with Crippen LogP contribution in [0, 0.1) is 0 Å². The summed E-state index contributed by atoms with van der Waals surface area (Å²) < 4.78 is 37.8. The fourth-order valence-corrected chi connectivity index (χ4v) is 5.82. The van der Waals surface area contributed by atoms with Crippen LogP contribution in [0.4, 0.5) is 5.69 Å². The van der Waals surface area contributed by atoms with Gasteiger partial charge in [-0.15, -0.1) is 11.3 Å². The van der Waals surface area contributed by atoms with Crippen molar-refractivity contribution in [3.63, 3.8) is 0 Å². The Morgan fingerprint density at radius 2 is 2.11 bits per heavy atom. The van der Waals surface area contributed by atoms with Crippen molar-refractivity contribution in [3.8, 4) is 10.6 Å². The maximum absolute atomic E-state index is 13.1. The van der Waals surface area contributed by atoms with E-state index in [0.29, 0.717) is 23.6 Å². The Morgan fingerprint density at radius 1 is 1.30 bits per heavy atom. The number of anilines is 1. The van der Waals surface area contributed by atoms with Gasteiger partial charge in [-0.1, -0.05) is 23.4 Å². The van der Waals surface area contributed by atoms with Gasteiger partial charge in [-0.2, -0.15) is 0 Å². The lowest BCUT2D eigenvalue weighted by atomic mass is 10.2. The maximum Gasteiger partial charge on any atom is 0.360 e. The third kappa shape index (κ3) is 3.13. The third-order valence-electron chi connectivity index (χ3n) is 4.21. The van der Waals surface area contributed by atoms with Crippen molar-refractivity contribution in [1.82, 2.24) is 5.16 Å². The van der Waals surface area contributed by atoms with Crippen LogP contribution in [-0.4, -0.2) is 32.7 Å². The number of hydrogen-bond acceptors (Lipinski definition) is 7. The van der Waals surface area contributed by atoms with E-state index in [-0.39, 0.29) is 16.5 Å². The Morgan fingerprint density at radius 3 is 2.93 bits per heavy atom. The number of carbonyl (C=O) groups is 1. The second kappa shape index (κ2) is 6.82. The van der Waals surface area contributed by atoms with E-state index >= 15 is 0 Å². The first-order valence-electron chi connectivity index (χ1n) is 8.35. The number of nitrogens with zero attached hydrogens (tertiary/aromatic N) is 2. The van der Waals surface area contributed by atoms with E-state index in [0.717, 1.165) is 22.6 Å². The minimum atomic E-state index is -3.66. The van der Waals surface area contributed by atoms with Crippen molar-refractivity contribution in [2.24, 2.45) is 0 Å². The van der Waals surface area contributed by atoms with Crippen LogP contribution in [0.15, 0.2) is 51.2 Å². The zero-order valence-corrected chi connectivity index (χ0v) is 16.0. The number of hydrogen-bond donors (Lipinski definition) is 0. The van der Waals surface area contributed by atoms with Gasteiger partial charge in [0.05, 0.1) is 17.2 Å². The molecule has 4 rings (SSSR count). The lowest BCUT2D eigenvalue weighted by Crippen LogP contribution is -2.28. The lowest BCUT2D eigenvalue weighted by Gasteiger charge is -2.18. The molecule has 0 saturated heterocycles. The normalized spacial score (nSPS) is 13.6. The number of benzene rings is 1. The van der Waals surface area contributed by atoms with Crippen LogP contribution in [-0.2, 0) is 21.2 Å². The maximum atomic E-state index is 13.1. The molecule has 0 spiro atoms. The van der Waals surface area contributed by atoms with E-state index in [1.54, 1.807) is 19.1 Å². The average molecular weight is 404 g/mol. The Hall–Kier alpha value is -2.65. The predicted molar refractivity (Wildman–Crippen MR) is 100 cm³/mol. The molecule has 140 valence electrons. The summed E-state index contributed by atoms with van der Waals surface area (Å²) in [4.78, 5) is 12.3. The zero-order valence-electron chi connectivity index (χ0n) is 14.4. The molecule has 0 aliphatic carbocycles. The Labute approximate surface area is 160 Å². The number of para-hydroxylation sites is 1. The Bertz CT molecular complexity index is 1100. The summed E-state index contributed by atoms with van der Waals surface area (Å²) in [5.41, 5.74) is 1.79. The highest BCUT2D eigenvalue weighted by molar-refractivity contribution is 7.94. The Balaban J connectivity index is 1.62. The molecule has 0 amide bonds. The molecule has 0 N–H and O–H groups in total. The molecular formula is C18H16N2O5S2. The molecule has 2 aromatic heterocycles. The molecule has 9 heteroatoms. The van der Waals surface area contributed by atoms with Gasteiger partial charge >= 0.3 is 5.97 Å². The van der Waals surface area contributed by atoms with E-state index in [1.807, 2.05) is 24.3 Å². The van der Waals surface area contributed by atoms with Gasteiger partial charge in [0.25, 0.3) is 10.0 Å². The first kappa shape index (κ1) is 17.7. The number of aromatic nitrogens is 1. The summed E-state index contributed by atoms with van der Waals surface area (Å²) in [6.07, 6.45) is 0.693. The highest BCUT2D eigenvalue weighted by atomic mass is 32.2. The molecule has 3 aromatic rings. The predicted octanol–water partition coefficient (Wildman–Crippen LogP) is 3.33. The molecule has 0 bridgehead atoms. The molecule has 1 aliphatic rings. The number of sulfonamides is 1.